The molecule has 246 valence electrons. The molecule has 10 heteroatoms. The number of nitrogens with zero attached hydrogens (tertiary/aromatic N) is 2. The molecule has 0 radical (unpaired) electrons. The van der Waals surface area contributed by atoms with Crippen LogP contribution in [-0.2, 0) is 46.2 Å². The fourth-order valence-corrected chi connectivity index (χ4v) is 5.45. The highest BCUT2D eigenvalue weighted by Gasteiger charge is 2.25. The molecule has 2 atom stereocenters. The predicted octanol–water partition coefficient (Wildman–Crippen LogP) is 3.31. The van der Waals surface area contributed by atoms with Gasteiger partial charge in [0.15, 0.2) is 0 Å². The molecule has 4 rings (SSSR count). The number of rotatable bonds is 16. The van der Waals surface area contributed by atoms with Crippen LogP contribution in [-0.4, -0.2) is 111 Å². The van der Waals surface area contributed by atoms with E-state index in [0.29, 0.717) is 58.8 Å². The van der Waals surface area contributed by atoms with E-state index in [4.69, 9.17) is 14.2 Å². The lowest BCUT2D eigenvalue weighted by molar-refractivity contribution is -0.147. The molecule has 2 fully saturated rings. The van der Waals surface area contributed by atoms with Crippen LogP contribution in [0.5, 0.6) is 0 Å². The SMILES string of the molecule is COC(=O)[C@H](CCc1ccccc1)CC(=O)CN1CCOCC1.O=C(C[C@@H](CCc1ccccc1)C(=O)O)CN1CCOCC1. The van der Waals surface area contributed by atoms with Gasteiger partial charge in [0.2, 0.25) is 0 Å². The van der Waals surface area contributed by atoms with Gasteiger partial charge in [0.25, 0.3) is 0 Å². The van der Waals surface area contributed by atoms with E-state index in [9.17, 15) is 24.3 Å². The molecule has 10 nitrogen and oxygen atoms in total. The summed E-state index contributed by atoms with van der Waals surface area (Å²) in [6.45, 7) is 6.38. The summed E-state index contributed by atoms with van der Waals surface area (Å²) in [4.78, 5) is 51.8. The summed E-state index contributed by atoms with van der Waals surface area (Å²) in [5.74, 6) is -2.05. The van der Waals surface area contributed by atoms with Crippen LogP contribution in [0.25, 0.3) is 0 Å². The number of carbonyl (C=O) groups is 4. The lowest BCUT2D eigenvalue weighted by Gasteiger charge is -2.26. The molecule has 1 N–H and O–H groups in total. The van der Waals surface area contributed by atoms with Crippen molar-refractivity contribution in [2.24, 2.45) is 11.8 Å². The summed E-state index contributed by atoms with van der Waals surface area (Å²) < 4.78 is 15.4. The monoisotopic (exact) mass is 624 g/mol. The van der Waals surface area contributed by atoms with Crippen molar-refractivity contribution in [1.29, 1.82) is 0 Å². The number of ether oxygens (including phenoxy) is 3. The largest absolute Gasteiger partial charge is 0.481 e. The summed E-state index contributed by atoms with van der Waals surface area (Å²) >= 11 is 0. The molecule has 0 spiro atoms. The number of carboxylic acids is 1. The molecular formula is C35H48N2O8. The molecule has 45 heavy (non-hydrogen) atoms. The molecule has 2 heterocycles. The predicted molar refractivity (Wildman–Crippen MR) is 170 cm³/mol. The van der Waals surface area contributed by atoms with Crippen LogP contribution < -0.4 is 0 Å². The number of esters is 1. The number of methoxy groups -OCH3 is 1. The Labute approximate surface area is 266 Å². The minimum Gasteiger partial charge on any atom is -0.481 e. The Kier molecular flexibility index (Phi) is 16.5. The molecule has 0 saturated carbocycles. The first-order valence-corrected chi connectivity index (χ1v) is 15.9. The van der Waals surface area contributed by atoms with Crippen molar-refractivity contribution in [1.82, 2.24) is 9.80 Å². The van der Waals surface area contributed by atoms with Crippen LogP contribution >= 0.6 is 0 Å². The topological polar surface area (TPSA) is 123 Å². The second-order valence-corrected chi connectivity index (χ2v) is 11.6. The van der Waals surface area contributed by atoms with E-state index in [-0.39, 0.29) is 36.3 Å². The number of aliphatic carboxylic acids is 1. The summed E-state index contributed by atoms with van der Waals surface area (Å²) in [5, 5.41) is 9.32. The van der Waals surface area contributed by atoms with E-state index in [2.05, 4.69) is 4.90 Å². The lowest BCUT2D eigenvalue weighted by Crippen LogP contribution is -2.40. The van der Waals surface area contributed by atoms with Crippen molar-refractivity contribution in [3.8, 4) is 0 Å². The maximum Gasteiger partial charge on any atom is 0.309 e. The molecule has 2 aromatic carbocycles. The Morgan fingerprint density at radius 1 is 0.689 bits per heavy atom. The lowest BCUT2D eigenvalue weighted by atomic mass is 9.94. The zero-order chi connectivity index (χ0) is 32.3. The van der Waals surface area contributed by atoms with Gasteiger partial charge in [-0.3, -0.25) is 29.0 Å². The van der Waals surface area contributed by atoms with E-state index in [1.54, 1.807) is 0 Å². The van der Waals surface area contributed by atoms with Crippen molar-refractivity contribution in [2.75, 3.05) is 72.8 Å². The highest BCUT2D eigenvalue weighted by molar-refractivity contribution is 5.86. The number of morpholine rings is 2. The standard InChI is InChI=1S/C18H25NO4.C17H23NO4/c1-22-18(21)16(8-7-15-5-3-2-4-6-15)13-17(20)14-19-9-11-23-12-10-19;19-16(13-18-8-10-22-11-9-18)12-15(17(20)21)7-6-14-4-2-1-3-5-14/h2-6,16H,7-14H2,1H3;1-5,15H,6-13H2,(H,20,21)/t16-;15-/m11/s1. The molecule has 0 bridgehead atoms. The number of carboxylic acid groups (broad SMARTS) is 1. The normalized spacial score (nSPS) is 16.9. The first-order chi connectivity index (χ1) is 21.8. The van der Waals surface area contributed by atoms with Crippen molar-refractivity contribution in [3.63, 3.8) is 0 Å². The number of Topliss-reactive ketones (excluding diaryl/α,β-unsaturated/α-hetero) is 2. The minimum absolute atomic E-state index is 0.00219. The van der Waals surface area contributed by atoms with Gasteiger partial charge in [0.05, 0.1) is 58.5 Å². The summed E-state index contributed by atoms with van der Waals surface area (Å²) in [6.07, 6.45) is 2.93. The number of aryl methyl sites for hydroxylation is 2. The van der Waals surface area contributed by atoms with E-state index < -0.39 is 11.9 Å². The fourth-order valence-electron chi connectivity index (χ4n) is 5.45. The number of carbonyl (C=O) groups excluding carboxylic acids is 3. The van der Waals surface area contributed by atoms with Gasteiger partial charge in [-0.25, -0.2) is 0 Å². The molecule has 2 aliphatic rings. The van der Waals surface area contributed by atoms with Gasteiger partial charge in [0, 0.05) is 39.0 Å². The molecule has 2 aromatic rings. The van der Waals surface area contributed by atoms with Crippen molar-refractivity contribution in [3.05, 3.63) is 71.8 Å². The summed E-state index contributed by atoms with van der Waals surface area (Å²) in [5.41, 5.74) is 2.27. The Morgan fingerprint density at radius 2 is 1.09 bits per heavy atom. The van der Waals surface area contributed by atoms with E-state index in [1.807, 2.05) is 65.6 Å². The van der Waals surface area contributed by atoms with Crippen LogP contribution in [0.1, 0.15) is 36.8 Å². The molecule has 0 unspecified atom stereocenters. The number of benzene rings is 2. The van der Waals surface area contributed by atoms with Crippen molar-refractivity contribution < 1.29 is 38.5 Å². The van der Waals surface area contributed by atoms with Gasteiger partial charge in [-0.1, -0.05) is 60.7 Å². The molecule has 0 aromatic heterocycles. The first kappa shape index (κ1) is 36.0. The van der Waals surface area contributed by atoms with Crippen LogP contribution in [0.4, 0.5) is 0 Å². The van der Waals surface area contributed by atoms with Gasteiger partial charge in [-0.15, -0.1) is 0 Å². The van der Waals surface area contributed by atoms with Crippen LogP contribution in [0.3, 0.4) is 0 Å². The average Bonchev–Trinajstić information content (AvgIpc) is 3.06. The molecule has 0 amide bonds. The molecule has 2 saturated heterocycles. The zero-order valence-corrected chi connectivity index (χ0v) is 26.4. The molecule has 2 aliphatic heterocycles. The summed E-state index contributed by atoms with van der Waals surface area (Å²) in [6, 6.07) is 19.8. The van der Waals surface area contributed by atoms with Gasteiger partial charge < -0.3 is 19.3 Å². The molecular weight excluding hydrogens is 576 g/mol. The average molecular weight is 625 g/mol. The van der Waals surface area contributed by atoms with Gasteiger partial charge >= 0.3 is 11.9 Å². The van der Waals surface area contributed by atoms with Crippen LogP contribution in [0.15, 0.2) is 60.7 Å². The first-order valence-electron chi connectivity index (χ1n) is 15.9. The van der Waals surface area contributed by atoms with Gasteiger partial charge in [-0.2, -0.15) is 0 Å². The maximum atomic E-state index is 12.3. The van der Waals surface area contributed by atoms with Gasteiger partial charge in [-0.05, 0) is 36.8 Å². The van der Waals surface area contributed by atoms with Crippen molar-refractivity contribution in [2.45, 2.75) is 38.5 Å². The third-order valence-electron chi connectivity index (χ3n) is 8.09. The summed E-state index contributed by atoms with van der Waals surface area (Å²) in [7, 11) is 1.38. The quantitative estimate of drug-likeness (QED) is 0.278. The van der Waals surface area contributed by atoms with Crippen LogP contribution in [0, 0.1) is 11.8 Å². The van der Waals surface area contributed by atoms with E-state index >= 15 is 0 Å². The van der Waals surface area contributed by atoms with E-state index in [0.717, 1.165) is 38.2 Å². The third kappa shape index (κ3) is 14.5. The second-order valence-electron chi connectivity index (χ2n) is 11.6. The Morgan fingerprint density at radius 3 is 1.49 bits per heavy atom. The Hall–Kier alpha value is -3.44. The minimum atomic E-state index is -0.883. The third-order valence-corrected chi connectivity index (χ3v) is 8.09. The second kappa shape index (κ2) is 20.6. The van der Waals surface area contributed by atoms with Crippen molar-refractivity contribution >= 4 is 23.5 Å². The zero-order valence-electron chi connectivity index (χ0n) is 26.4. The smallest absolute Gasteiger partial charge is 0.309 e. The highest BCUT2D eigenvalue weighted by Crippen LogP contribution is 2.17. The molecule has 0 aliphatic carbocycles. The van der Waals surface area contributed by atoms with E-state index in [1.165, 1.54) is 12.7 Å². The Bertz CT molecular complexity index is 1160. The highest BCUT2D eigenvalue weighted by atomic mass is 16.5. The number of hydrogen-bond acceptors (Lipinski definition) is 9. The maximum absolute atomic E-state index is 12.3. The van der Waals surface area contributed by atoms with Gasteiger partial charge in [0.1, 0.15) is 11.6 Å². The number of hydrogen-bond donors (Lipinski definition) is 1. The van der Waals surface area contributed by atoms with Crippen LogP contribution in [0.2, 0.25) is 0 Å². The Balaban J connectivity index is 0.000000246. The fraction of sp³-hybridized carbons (Fsp3) is 0.543. The number of ketones is 2.